The van der Waals surface area contributed by atoms with E-state index in [2.05, 4.69) is 15.0 Å². The number of ether oxygens (including phenoxy) is 1. The summed E-state index contributed by atoms with van der Waals surface area (Å²) in [5.74, 6) is -1.87. The lowest BCUT2D eigenvalue weighted by Crippen LogP contribution is -2.20. The van der Waals surface area contributed by atoms with Crippen LogP contribution in [0.15, 0.2) is 18.2 Å². The first-order chi connectivity index (χ1) is 9.28. The summed E-state index contributed by atoms with van der Waals surface area (Å²) >= 11 is 0. The van der Waals surface area contributed by atoms with Crippen LogP contribution in [0.1, 0.15) is 16.9 Å². The van der Waals surface area contributed by atoms with E-state index in [-0.39, 0.29) is 17.9 Å². The second-order valence-electron chi connectivity index (χ2n) is 3.68. The van der Waals surface area contributed by atoms with Gasteiger partial charge in [-0.25, -0.2) is 9.78 Å². The van der Waals surface area contributed by atoms with Gasteiger partial charge in [-0.15, -0.1) is 0 Å². The Kier molecular flexibility index (Phi) is 5.44. The first-order valence-electron chi connectivity index (χ1n) is 5.42. The van der Waals surface area contributed by atoms with Crippen molar-refractivity contribution in [3.8, 4) is 0 Å². The van der Waals surface area contributed by atoms with Gasteiger partial charge in [-0.05, 0) is 12.1 Å². The number of nitrogens with one attached hydrogen (secondary N) is 1. The Balaban J connectivity index is 2.39. The van der Waals surface area contributed by atoms with E-state index >= 15 is 0 Å². The van der Waals surface area contributed by atoms with Crippen molar-refractivity contribution in [2.45, 2.75) is 12.6 Å². The number of hydrogen-bond donors (Lipinski definition) is 2. The van der Waals surface area contributed by atoms with E-state index in [4.69, 9.17) is 5.11 Å². The highest BCUT2D eigenvalue weighted by atomic mass is 19.4. The van der Waals surface area contributed by atoms with Gasteiger partial charge in [-0.1, -0.05) is 6.07 Å². The fraction of sp³-hybridized carbons (Fsp3) is 0.364. The molecule has 9 heteroatoms. The Morgan fingerprint density at radius 2 is 2.05 bits per heavy atom. The topological polar surface area (TPSA) is 88.5 Å². The number of carboxylic acids is 1. The van der Waals surface area contributed by atoms with Crippen LogP contribution in [0.5, 0.6) is 0 Å². The van der Waals surface area contributed by atoms with Gasteiger partial charge < -0.3 is 15.2 Å². The number of rotatable bonds is 6. The van der Waals surface area contributed by atoms with E-state index in [1.165, 1.54) is 18.2 Å². The van der Waals surface area contributed by atoms with Crippen molar-refractivity contribution in [3.63, 3.8) is 0 Å². The molecule has 0 aliphatic rings. The number of halogens is 3. The van der Waals surface area contributed by atoms with Gasteiger partial charge in [0, 0.05) is 0 Å². The summed E-state index contributed by atoms with van der Waals surface area (Å²) in [5.41, 5.74) is -0.254. The van der Waals surface area contributed by atoms with Crippen LogP contribution >= 0.6 is 0 Å². The number of pyridine rings is 1. The van der Waals surface area contributed by atoms with Gasteiger partial charge in [-0.3, -0.25) is 4.79 Å². The zero-order valence-corrected chi connectivity index (χ0v) is 10.1. The van der Waals surface area contributed by atoms with Crippen molar-refractivity contribution < 1.29 is 32.6 Å². The third kappa shape index (κ3) is 6.14. The molecule has 110 valence electrons. The average molecular weight is 292 g/mol. The van der Waals surface area contributed by atoms with E-state index in [1.54, 1.807) is 0 Å². The molecule has 0 saturated heterocycles. The molecular formula is C11H11F3N2O4. The number of anilines is 1. The number of aromatic carboxylic acids is 1. The molecule has 2 N–H and O–H groups in total. The molecule has 1 amide bonds. The summed E-state index contributed by atoms with van der Waals surface area (Å²) in [7, 11) is 0. The molecular weight excluding hydrogens is 281 g/mol. The number of nitrogens with zero attached hydrogens (tertiary/aromatic N) is 1. The van der Waals surface area contributed by atoms with Gasteiger partial charge >= 0.3 is 12.1 Å². The fourth-order valence-corrected chi connectivity index (χ4v) is 1.18. The number of hydrogen-bond acceptors (Lipinski definition) is 4. The number of carbonyl (C=O) groups is 2. The van der Waals surface area contributed by atoms with Crippen LogP contribution in [0.2, 0.25) is 0 Å². The van der Waals surface area contributed by atoms with Crippen molar-refractivity contribution >= 4 is 17.7 Å². The molecule has 0 atom stereocenters. The van der Waals surface area contributed by atoms with Crippen molar-refractivity contribution in [1.29, 1.82) is 0 Å². The summed E-state index contributed by atoms with van der Waals surface area (Å²) in [6.45, 7) is -1.82. The van der Waals surface area contributed by atoms with E-state index in [0.717, 1.165) is 0 Å². The number of aromatic nitrogens is 1. The molecule has 20 heavy (non-hydrogen) atoms. The largest absolute Gasteiger partial charge is 0.477 e. The monoisotopic (exact) mass is 292 g/mol. The Bertz CT molecular complexity index is 491. The lowest BCUT2D eigenvalue weighted by atomic mass is 10.3. The van der Waals surface area contributed by atoms with Crippen molar-refractivity contribution in [1.82, 2.24) is 4.98 Å². The van der Waals surface area contributed by atoms with Crippen LogP contribution in [-0.2, 0) is 9.53 Å². The molecule has 6 nitrogen and oxygen atoms in total. The highest BCUT2D eigenvalue weighted by Gasteiger charge is 2.27. The highest BCUT2D eigenvalue weighted by Crippen LogP contribution is 2.14. The second kappa shape index (κ2) is 6.85. The quantitative estimate of drug-likeness (QED) is 0.779. The predicted molar refractivity (Wildman–Crippen MR) is 61.3 cm³/mol. The maximum absolute atomic E-state index is 11.8. The van der Waals surface area contributed by atoms with Crippen molar-refractivity contribution in [3.05, 3.63) is 23.9 Å². The summed E-state index contributed by atoms with van der Waals surface area (Å²) in [6, 6.07) is 3.98. The predicted octanol–water partition coefficient (Wildman–Crippen LogP) is 1.69. The van der Waals surface area contributed by atoms with Gasteiger partial charge in [-0.2, -0.15) is 13.2 Å². The van der Waals surface area contributed by atoms with Crippen LogP contribution in [0.3, 0.4) is 0 Å². The minimum atomic E-state index is -4.44. The molecule has 0 radical (unpaired) electrons. The highest BCUT2D eigenvalue weighted by molar-refractivity contribution is 5.91. The first-order valence-corrected chi connectivity index (χ1v) is 5.42. The molecule has 0 fully saturated rings. The molecule has 1 aromatic rings. The van der Waals surface area contributed by atoms with Crippen LogP contribution in [0.25, 0.3) is 0 Å². The van der Waals surface area contributed by atoms with Gasteiger partial charge in [0.05, 0.1) is 13.0 Å². The Labute approximate surface area is 111 Å². The van der Waals surface area contributed by atoms with Crippen LogP contribution in [0.4, 0.5) is 19.0 Å². The summed E-state index contributed by atoms with van der Waals surface area (Å²) < 4.78 is 39.5. The third-order valence-electron chi connectivity index (χ3n) is 1.97. The molecule has 0 saturated carbocycles. The molecule has 0 unspecified atom stereocenters. The summed E-state index contributed by atoms with van der Waals surface area (Å²) in [5, 5.41) is 11.0. The molecule has 1 aromatic heterocycles. The molecule has 0 aliphatic heterocycles. The van der Waals surface area contributed by atoms with Crippen molar-refractivity contribution in [2.75, 3.05) is 18.5 Å². The maximum Gasteiger partial charge on any atom is 0.411 e. The average Bonchev–Trinajstić information content (AvgIpc) is 2.34. The summed E-state index contributed by atoms with van der Waals surface area (Å²) in [6.07, 6.45) is -4.73. The smallest absolute Gasteiger partial charge is 0.411 e. The van der Waals surface area contributed by atoms with Gasteiger partial charge in [0.1, 0.15) is 12.4 Å². The lowest BCUT2D eigenvalue weighted by Gasteiger charge is -2.08. The number of alkyl halides is 3. The van der Waals surface area contributed by atoms with E-state index in [1.807, 2.05) is 0 Å². The van der Waals surface area contributed by atoms with Crippen LogP contribution in [0, 0.1) is 0 Å². The molecule has 0 aromatic carbocycles. The first kappa shape index (κ1) is 15.9. The zero-order valence-electron chi connectivity index (χ0n) is 10.1. The molecule has 0 spiro atoms. The normalized spacial score (nSPS) is 11.2. The Morgan fingerprint density at radius 3 is 2.65 bits per heavy atom. The second-order valence-corrected chi connectivity index (χ2v) is 3.68. The molecule has 0 bridgehead atoms. The van der Waals surface area contributed by atoms with Gasteiger partial charge in [0.15, 0.2) is 5.69 Å². The van der Waals surface area contributed by atoms with E-state index in [0.29, 0.717) is 0 Å². The van der Waals surface area contributed by atoms with E-state index < -0.39 is 31.3 Å². The number of carbonyl (C=O) groups excluding carboxylic acids is 1. The summed E-state index contributed by atoms with van der Waals surface area (Å²) in [4.78, 5) is 25.6. The zero-order chi connectivity index (χ0) is 15.2. The molecule has 0 aliphatic carbocycles. The minimum Gasteiger partial charge on any atom is -0.477 e. The molecule has 1 rings (SSSR count). The van der Waals surface area contributed by atoms with Gasteiger partial charge in [0.25, 0.3) is 0 Å². The fourth-order valence-electron chi connectivity index (χ4n) is 1.18. The molecule has 1 heterocycles. The minimum absolute atomic E-state index is 0.00530. The standard InChI is InChI=1S/C11H11F3N2O4/c12-11(13,14)6-20-5-4-9(17)16-8-3-1-2-7(15-8)10(18)19/h1-3H,4-6H2,(H,18,19)(H,15,16,17). The van der Waals surface area contributed by atoms with Gasteiger partial charge in [0.2, 0.25) is 5.91 Å². The SMILES string of the molecule is O=C(CCOCC(F)(F)F)Nc1cccc(C(=O)O)n1. The Morgan fingerprint density at radius 1 is 1.35 bits per heavy atom. The third-order valence-corrected chi connectivity index (χ3v) is 1.97. The van der Waals surface area contributed by atoms with E-state index in [9.17, 15) is 22.8 Å². The lowest BCUT2D eigenvalue weighted by molar-refractivity contribution is -0.174. The Hall–Kier alpha value is -2.16. The number of amides is 1. The van der Waals surface area contributed by atoms with Crippen LogP contribution in [-0.4, -0.2) is 41.4 Å². The number of carboxylic acid groups (broad SMARTS) is 1. The van der Waals surface area contributed by atoms with Crippen LogP contribution < -0.4 is 5.32 Å². The maximum atomic E-state index is 11.8. The van der Waals surface area contributed by atoms with Crippen molar-refractivity contribution in [2.24, 2.45) is 0 Å².